The number of fused-ring (bicyclic) bond motifs is 1. The lowest BCUT2D eigenvalue weighted by Gasteiger charge is -2.20. The molecule has 1 aromatic carbocycles. The van der Waals surface area contributed by atoms with Crippen LogP contribution in [-0.4, -0.2) is 34.2 Å². The van der Waals surface area contributed by atoms with Crippen LogP contribution in [0.4, 0.5) is 5.69 Å². The van der Waals surface area contributed by atoms with E-state index in [1.165, 1.54) is 0 Å². The van der Waals surface area contributed by atoms with Crippen LogP contribution in [0.25, 0.3) is 0 Å². The van der Waals surface area contributed by atoms with Crippen LogP contribution < -0.4 is 10.2 Å². The predicted molar refractivity (Wildman–Crippen MR) is 80.3 cm³/mol. The van der Waals surface area contributed by atoms with E-state index in [1.54, 1.807) is 4.90 Å². The molecule has 6 heteroatoms. The number of hydrogen-bond acceptors (Lipinski definition) is 4. The first-order chi connectivity index (χ1) is 10.2. The molecule has 0 saturated heterocycles. The fraction of sp³-hybridized carbons (Fsp3) is 0.400. The lowest BCUT2D eigenvalue weighted by atomic mass is 10.1. The molecule has 0 saturated carbocycles. The van der Waals surface area contributed by atoms with Gasteiger partial charge in [-0.05, 0) is 11.6 Å². The van der Waals surface area contributed by atoms with E-state index in [0.717, 1.165) is 30.2 Å². The number of aromatic amines is 1. The molecular weight excluding hydrogens is 266 g/mol. The van der Waals surface area contributed by atoms with Gasteiger partial charge >= 0.3 is 0 Å². The van der Waals surface area contributed by atoms with Gasteiger partial charge in [0.15, 0.2) is 0 Å². The smallest absolute Gasteiger partial charge is 0.297 e. The Bertz CT molecular complexity index is 649. The summed E-state index contributed by atoms with van der Waals surface area (Å²) in [5.74, 6) is 1.03. The van der Waals surface area contributed by atoms with Crippen LogP contribution in [0.5, 0.6) is 0 Å². The van der Waals surface area contributed by atoms with Gasteiger partial charge in [0.1, 0.15) is 5.82 Å². The third kappa shape index (κ3) is 2.67. The number of carbonyl (C=O) groups is 1. The second-order valence-electron chi connectivity index (χ2n) is 5.46. The standard InChI is InChI=1S/C15H19N5O/c1-10(2)13-17-14(19-18-13)15(21)20-8-7-16-9-11-5-3-4-6-12(11)20/h3-6,10,16H,7-9H2,1-2H3,(H,17,18,19). The Morgan fingerprint density at radius 2 is 2.14 bits per heavy atom. The van der Waals surface area contributed by atoms with Crippen LogP contribution in [0.3, 0.4) is 0 Å². The number of carbonyl (C=O) groups excluding carboxylic acids is 1. The molecule has 0 spiro atoms. The molecule has 2 heterocycles. The number of anilines is 1. The Labute approximate surface area is 123 Å². The highest BCUT2D eigenvalue weighted by Gasteiger charge is 2.25. The average molecular weight is 285 g/mol. The first-order valence-electron chi connectivity index (χ1n) is 7.19. The largest absolute Gasteiger partial charge is 0.311 e. The third-order valence-electron chi connectivity index (χ3n) is 3.60. The molecule has 6 nitrogen and oxygen atoms in total. The summed E-state index contributed by atoms with van der Waals surface area (Å²) in [6, 6.07) is 7.93. The summed E-state index contributed by atoms with van der Waals surface area (Å²) in [6.45, 7) is 6.16. The van der Waals surface area contributed by atoms with Gasteiger partial charge in [-0.1, -0.05) is 32.0 Å². The number of para-hydroxylation sites is 1. The van der Waals surface area contributed by atoms with Gasteiger partial charge < -0.3 is 10.2 Å². The normalized spacial score (nSPS) is 14.9. The molecule has 110 valence electrons. The van der Waals surface area contributed by atoms with Gasteiger partial charge in [-0.2, -0.15) is 0 Å². The van der Waals surface area contributed by atoms with Crippen LogP contribution in [0.15, 0.2) is 24.3 Å². The molecule has 3 rings (SSSR count). The lowest BCUT2D eigenvalue weighted by Crippen LogP contribution is -2.35. The van der Waals surface area contributed by atoms with Crippen LogP contribution in [-0.2, 0) is 6.54 Å². The summed E-state index contributed by atoms with van der Waals surface area (Å²) in [7, 11) is 0. The molecule has 0 fully saturated rings. The monoisotopic (exact) mass is 285 g/mol. The maximum Gasteiger partial charge on any atom is 0.297 e. The summed E-state index contributed by atoms with van der Waals surface area (Å²) in [5, 5.41) is 10.2. The summed E-state index contributed by atoms with van der Waals surface area (Å²) < 4.78 is 0. The van der Waals surface area contributed by atoms with Crippen molar-refractivity contribution in [2.75, 3.05) is 18.0 Å². The average Bonchev–Trinajstić information content (AvgIpc) is 2.88. The molecule has 21 heavy (non-hydrogen) atoms. The Kier molecular flexibility index (Phi) is 3.70. The summed E-state index contributed by atoms with van der Waals surface area (Å²) in [4.78, 5) is 18.8. The number of H-pyrrole nitrogens is 1. The summed E-state index contributed by atoms with van der Waals surface area (Å²) in [6.07, 6.45) is 0. The minimum Gasteiger partial charge on any atom is -0.311 e. The molecular formula is C15H19N5O. The van der Waals surface area contributed by atoms with E-state index >= 15 is 0 Å². The molecule has 0 unspecified atom stereocenters. The first kappa shape index (κ1) is 13.8. The molecule has 0 bridgehead atoms. The van der Waals surface area contributed by atoms with E-state index in [9.17, 15) is 4.79 Å². The maximum absolute atomic E-state index is 12.7. The number of aromatic nitrogens is 3. The van der Waals surface area contributed by atoms with Gasteiger partial charge in [-0.25, -0.2) is 4.98 Å². The van der Waals surface area contributed by atoms with Gasteiger partial charge in [0.05, 0.1) is 0 Å². The number of rotatable bonds is 2. The van der Waals surface area contributed by atoms with E-state index < -0.39 is 0 Å². The van der Waals surface area contributed by atoms with E-state index in [0.29, 0.717) is 6.54 Å². The fourth-order valence-corrected chi connectivity index (χ4v) is 2.42. The highest BCUT2D eigenvalue weighted by Crippen LogP contribution is 2.23. The quantitative estimate of drug-likeness (QED) is 0.880. The number of nitrogens with zero attached hydrogens (tertiary/aromatic N) is 3. The van der Waals surface area contributed by atoms with Crippen molar-refractivity contribution in [3.05, 3.63) is 41.5 Å². The van der Waals surface area contributed by atoms with Crippen molar-refractivity contribution >= 4 is 11.6 Å². The van der Waals surface area contributed by atoms with Gasteiger partial charge in [-0.3, -0.25) is 9.89 Å². The van der Waals surface area contributed by atoms with Crippen molar-refractivity contribution < 1.29 is 4.79 Å². The SMILES string of the molecule is CC(C)c1nc(C(=O)N2CCNCc3ccccc32)n[nH]1. The molecule has 1 aromatic heterocycles. The molecule has 1 aliphatic heterocycles. The molecule has 0 atom stereocenters. The second-order valence-corrected chi connectivity index (χ2v) is 5.46. The van der Waals surface area contributed by atoms with Crippen LogP contribution in [0, 0.1) is 0 Å². The Hall–Kier alpha value is -2.21. The first-order valence-corrected chi connectivity index (χ1v) is 7.19. The minimum absolute atomic E-state index is 0.158. The molecule has 1 aliphatic rings. The van der Waals surface area contributed by atoms with Crippen molar-refractivity contribution in [2.24, 2.45) is 0 Å². The van der Waals surface area contributed by atoms with Crippen molar-refractivity contribution in [2.45, 2.75) is 26.3 Å². The summed E-state index contributed by atoms with van der Waals surface area (Å²) in [5.41, 5.74) is 2.05. The van der Waals surface area contributed by atoms with E-state index in [2.05, 4.69) is 20.5 Å². The van der Waals surface area contributed by atoms with Gasteiger partial charge in [-0.15, -0.1) is 5.10 Å². The van der Waals surface area contributed by atoms with Crippen LogP contribution in [0.1, 0.15) is 41.8 Å². The van der Waals surface area contributed by atoms with Gasteiger partial charge in [0.2, 0.25) is 5.82 Å². The van der Waals surface area contributed by atoms with Crippen molar-refractivity contribution in [1.29, 1.82) is 0 Å². The number of amides is 1. The molecule has 1 amide bonds. The highest BCUT2D eigenvalue weighted by atomic mass is 16.2. The predicted octanol–water partition coefficient (Wildman–Crippen LogP) is 1.68. The molecule has 2 aromatic rings. The Morgan fingerprint density at radius 3 is 2.90 bits per heavy atom. The van der Waals surface area contributed by atoms with Crippen molar-refractivity contribution in [3.8, 4) is 0 Å². The number of hydrogen-bond donors (Lipinski definition) is 2. The van der Waals surface area contributed by atoms with Crippen molar-refractivity contribution in [3.63, 3.8) is 0 Å². The van der Waals surface area contributed by atoms with E-state index in [-0.39, 0.29) is 17.6 Å². The zero-order valence-electron chi connectivity index (χ0n) is 12.3. The Morgan fingerprint density at radius 1 is 1.33 bits per heavy atom. The second kappa shape index (κ2) is 5.65. The summed E-state index contributed by atoms with van der Waals surface area (Å²) >= 11 is 0. The van der Waals surface area contributed by atoms with Crippen molar-refractivity contribution in [1.82, 2.24) is 20.5 Å². The maximum atomic E-state index is 12.7. The highest BCUT2D eigenvalue weighted by molar-refractivity contribution is 6.04. The zero-order chi connectivity index (χ0) is 14.8. The minimum atomic E-state index is -0.158. The number of benzene rings is 1. The topological polar surface area (TPSA) is 73.9 Å². The Balaban J connectivity index is 1.93. The third-order valence-corrected chi connectivity index (χ3v) is 3.60. The number of nitrogens with one attached hydrogen (secondary N) is 2. The van der Waals surface area contributed by atoms with Gasteiger partial charge in [0.25, 0.3) is 5.91 Å². The van der Waals surface area contributed by atoms with E-state index in [1.807, 2.05) is 38.1 Å². The lowest BCUT2D eigenvalue weighted by molar-refractivity contribution is 0.0978. The van der Waals surface area contributed by atoms with E-state index in [4.69, 9.17) is 0 Å². The van der Waals surface area contributed by atoms with Crippen LogP contribution in [0.2, 0.25) is 0 Å². The molecule has 2 N–H and O–H groups in total. The zero-order valence-corrected chi connectivity index (χ0v) is 12.3. The van der Waals surface area contributed by atoms with Crippen LogP contribution >= 0.6 is 0 Å². The molecule has 0 aliphatic carbocycles. The fourth-order valence-electron chi connectivity index (χ4n) is 2.42. The molecule has 0 radical (unpaired) electrons. The van der Waals surface area contributed by atoms with Gasteiger partial charge in [0, 0.05) is 31.2 Å².